The van der Waals surface area contributed by atoms with E-state index in [-0.39, 0.29) is 24.3 Å². The molecule has 2 atom stereocenters. The van der Waals surface area contributed by atoms with Crippen molar-refractivity contribution in [3.05, 3.63) is 0 Å². The highest BCUT2D eigenvalue weighted by molar-refractivity contribution is 6.02. The Bertz CT molecular complexity index is 476. The van der Waals surface area contributed by atoms with Gasteiger partial charge in [0.05, 0.1) is 0 Å². The predicted octanol–water partition coefficient (Wildman–Crippen LogP) is 0.687. The first-order valence-electron chi connectivity index (χ1n) is 6.53. The number of hydrogen-bond acceptors (Lipinski definition) is 5. The molecule has 1 fully saturated rings. The summed E-state index contributed by atoms with van der Waals surface area (Å²) >= 11 is 0. The molecule has 0 aromatic rings. The topological polar surface area (TPSA) is 92.8 Å². The first kappa shape index (κ1) is 17.9. The average molecular weight is 324 g/mol. The van der Waals surface area contributed by atoms with Crippen LogP contribution in [-0.4, -0.2) is 41.0 Å². The maximum absolute atomic E-state index is 12.3. The van der Waals surface area contributed by atoms with Gasteiger partial charge in [-0.25, -0.2) is 4.79 Å². The van der Waals surface area contributed by atoms with Gasteiger partial charge < -0.3 is 10.2 Å². The van der Waals surface area contributed by atoms with E-state index in [0.717, 1.165) is 0 Å². The third-order valence-electron chi connectivity index (χ3n) is 3.20. The Labute approximate surface area is 123 Å². The molecule has 124 valence electrons. The van der Waals surface area contributed by atoms with Gasteiger partial charge in [-0.15, -0.1) is 5.06 Å². The Kier molecular flexibility index (Phi) is 5.50. The van der Waals surface area contributed by atoms with Crippen molar-refractivity contribution in [3.63, 3.8) is 0 Å². The number of alkyl halides is 3. The van der Waals surface area contributed by atoms with Crippen LogP contribution in [0, 0.1) is 5.92 Å². The van der Waals surface area contributed by atoms with Crippen LogP contribution in [0.15, 0.2) is 0 Å². The van der Waals surface area contributed by atoms with E-state index in [9.17, 15) is 32.3 Å². The van der Waals surface area contributed by atoms with E-state index >= 15 is 0 Å². The number of nitrogens with zero attached hydrogens (tertiary/aromatic N) is 1. The Morgan fingerprint density at radius 1 is 1.27 bits per heavy atom. The maximum atomic E-state index is 12.3. The highest BCUT2D eigenvalue weighted by atomic mass is 19.4. The second-order valence-electron chi connectivity index (χ2n) is 4.83. The molecule has 0 aliphatic carbocycles. The van der Waals surface area contributed by atoms with E-state index < -0.39 is 41.8 Å². The lowest BCUT2D eigenvalue weighted by Crippen LogP contribution is -2.52. The number of imide groups is 1. The fourth-order valence-corrected chi connectivity index (χ4v) is 1.70. The highest BCUT2D eigenvalue weighted by Crippen LogP contribution is 2.19. The molecule has 1 aliphatic rings. The SMILES string of the molecule is CCC(C)C(NC(=O)C(F)(F)F)C(=O)ON1C(=O)CCC1=O. The fraction of sp³-hybridized carbons (Fsp3) is 0.667. The number of carbonyl (C=O) groups is 4. The normalized spacial score (nSPS) is 18.1. The predicted molar refractivity (Wildman–Crippen MR) is 64.6 cm³/mol. The number of halogens is 3. The van der Waals surface area contributed by atoms with Crippen LogP contribution in [0.2, 0.25) is 0 Å². The van der Waals surface area contributed by atoms with Crippen LogP contribution in [0.3, 0.4) is 0 Å². The molecule has 1 heterocycles. The van der Waals surface area contributed by atoms with Gasteiger partial charge in [0.15, 0.2) is 0 Å². The molecular formula is C12H15F3N2O5. The largest absolute Gasteiger partial charge is 0.471 e. The molecule has 1 rings (SSSR count). The van der Waals surface area contributed by atoms with Crippen LogP contribution in [0.5, 0.6) is 0 Å². The van der Waals surface area contributed by atoms with Crippen molar-refractivity contribution in [1.82, 2.24) is 10.4 Å². The number of rotatable bonds is 5. The fourth-order valence-electron chi connectivity index (χ4n) is 1.70. The molecule has 1 aliphatic heterocycles. The minimum Gasteiger partial charge on any atom is -0.335 e. The minimum absolute atomic E-state index is 0.144. The van der Waals surface area contributed by atoms with Crippen molar-refractivity contribution in [2.24, 2.45) is 5.92 Å². The van der Waals surface area contributed by atoms with E-state index in [0.29, 0.717) is 0 Å². The maximum Gasteiger partial charge on any atom is 0.471 e. The van der Waals surface area contributed by atoms with Crippen molar-refractivity contribution in [2.45, 2.75) is 45.3 Å². The van der Waals surface area contributed by atoms with Crippen LogP contribution in [0.4, 0.5) is 13.2 Å². The van der Waals surface area contributed by atoms with E-state index in [1.807, 2.05) is 0 Å². The second-order valence-corrected chi connectivity index (χ2v) is 4.83. The quantitative estimate of drug-likeness (QED) is 0.751. The highest BCUT2D eigenvalue weighted by Gasteiger charge is 2.43. The summed E-state index contributed by atoms with van der Waals surface area (Å²) in [6.07, 6.45) is -5.19. The molecule has 2 unspecified atom stereocenters. The van der Waals surface area contributed by atoms with E-state index in [1.54, 1.807) is 6.92 Å². The van der Waals surface area contributed by atoms with Crippen LogP contribution in [0.1, 0.15) is 33.1 Å². The van der Waals surface area contributed by atoms with Gasteiger partial charge in [-0.3, -0.25) is 14.4 Å². The molecule has 7 nitrogen and oxygen atoms in total. The summed E-state index contributed by atoms with van der Waals surface area (Å²) in [4.78, 5) is 50.1. The Balaban J connectivity index is 2.83. The van der Waals surface area contributed by atoms with Crippen LogP contribution >= 0.6 is 0 Å². The summed E-state index contributed by atoms with van der Waals surface area (Å²) in [7, 11) is 0. The molecule has 0 bridgehead atoms. The van der Waals surface area contributed by atoms with Gasteiger partial charge in [-0.1, -0.05) is 20.3 Å². The molecule has 0 radical (unpaired) electrons. The summed E-state index contributed by atoms with van der Waals surface area (Å²) in [5, 5.41) is 1.74. The minimum atomic E-state index is -5.16. The Hall–Kier alpha value is -2.13. The van der Waals surface area contributed by atoms with Crippen LogP contribution in [-0.2, 0) is 24.0 Å². The van der Waals surface area contributed by atoms with Crippen molar-refractivity contribution in [1.29, 1.82) is 0 Å². The van der Waals surface area contributed by atoms with Gasteiger partial charge in [0, 0.05) is 12.8 Å². The Morgan fingerprint density at radius 2 is 1.77 bits per heavy atom. The van der Waals surface area contributed by atoms with Gasteiger partial charge in [0.25, 0.3) is 11.8 Å². The number of hydrogen-bond donors (Lipinski definition) is 1. The summed E-state index contributed by atoms with van der Waals surface area (Å²) in [5.41, 5.74) is 0. The standard InChI is InChI=1S/C12H15F3N2O5/c1-3-6(2)9(16-11(21)12(13,14)15)10(20)22-17-7(18)4-5-8(17)19/h6,9H,3-5H2,1-2H3,(H,16,21). The average Bonchev–Trinajstić information content (AvgIpc) is 2.74. The van der Waals surface area contributed by atoms with Crippen molar-refractivity contribution in [2.75, 3.05) is 0 Å². The number of nitrogens with one attached hydrogen (secondary N) is 1. The molecule has 0 aromatic heterocycles. The molecular weight excluding hydrogens is 309 g/mol. The molecule has 1 N–H and O–H groups in total. The zero-order valence-corrected chi connectivity index (χ0v) is 11.9. The van der Waals surface area contributed by atoms with E-state index in [1.165, 1.54) is 12.2 Å². The number of carbonyl (C=O) groups excluding carboxylic acids is 4. The molecule has 0 spiro atoms. The van der Waals surface area contributed by atoms with Crippen molar-refractivity contribution < 1.29 is 37.2 Å². The van der Waals surface area contributed by atoms with Gasteiger partial charge in [0.1, 0.15) is 6.04 Å². The van der Waals surface area contributed by atoms with Gasteiger partial charge in [-0.05, 0) is 5.92 Å². The lowest BCUT2D eigenvalue weighted by atomic mass is 9.99. The smallest absolute Gasteiger partial charge is 0.335 e. The first-order valence-corrected chi connectivity index (χ1v) is 6.53. The lowest BCUT2D eigenvalue weighted by Gasteiger charge is -2.24. The summed E-state index contributed by atoms with van der Waals surface area (Å²) in [5.74, 6) is -5.80. The summed E-state index contributed by atoms with van der Waals surface area (Å²) < 4.78 is 36.9. The summed E-state index contributed by atoms with van der Waals surface area (Å²) in [6.45, 7) is 3.02. The molecule has 0 saturated carbocycles. The molecule has 22 heavy (non-hydrogen) atoms. The third kappa shape index (κ3) is 4.18. The molecule has 10 heteroatoms. The van der Waals surface area contributed by atoms with Crippen molar-refractivity contribution >= 4 is 23.7 Å². The Morgan fingerprint density at radius 3 is 2.18 bits per heavy atom. The van der Waals surface area contributed by atoms with Crippen LogP contribution in [0.25, 0.3) is 0 Å². The lowest BCUT2D eigenvalue weighted by molar-refractivity contribution is -0.201. The first-order chi connectivity index (χ1) is 10.1. The second kappa shape index (κ2) is 6.75. The molecule has 0 aromatic carbocycles. The zero-order valence-electron chi connectivity index (χ0n) is 11.9. The van der Waals surface area contributed by atoms with E-state index in [2.05, 4.69) is 4.84 Å². The van der Waals surface area contributed by atoms with Gasteiger partial charge >= 0.3 is 18.1 Å². The third-order valence-corrected chi connectivity index (χ3v) is 3.20. The molecule has 1 saturated heterocycles. The number of hydroxylamine groups is 2. The van der Waals surface area contributed by atoms with Gasteiger partial charge in [-0.2, -0.15) is 13.2 Å². The number of amides is 3. The summed E-state index contributed by atoms with van der Waals surface area (Å²) in [6, 6.07) is -1.62. The van der Waals surface area contributed by atoms with Crippen molar-refractivity contribution in [3.8, 4) is 0 Å². The monoisotopic (exact) mass is 324 g/mol. The molecule has 3 amide bonds. The van der Waals surface area contributed by atoms with Crippen LogP contribution < -0.4 is 5.32 Å². The van der Waals surface area contributed by atoms with E-state index in [4.69, 9.17) is 0 Å². The zero-order chi connectivity index (χ0) is 17.1. The van der Waals surface area contributed by atoms with Gasteiger partial charge in [0.2, 0.25) is 0 Å².